The van der Waals surface area contributed by atoms with Crippen LogP contribution in [0.15, 0.2) is 59.0 Å². The lowest BCUT2D eigenvalue weighted by Gasteiger charge is -2.07. The Bertz CT molecular complexity index is 1460. The van der Waals surface area contributed by atoms with Gasteiger partial charge in [0.15, 0.2) is 5.58 Å². The highest BCUT2D eigenvalue weighted by Gasteiger charge is 2.18. The zero-order chi connectivity index (χ0) is 23.8. The first-order chi connectivity index (χ1) is 16.4. The van der Waals surface area contributed by atoms with Gasteiger partial charge in [0, 0.05) is 33.9 Å². The van der Waals surface area contributed by atoms with E-state index in [2.05, 4.69) is 25.4 Å². The van der Waals surface area contributed by atoms with Gasteiger partial charge in [-0.3, -0.25) is 4.79 Å². The third kappa shape index (κ3) is 4.17. The van der Waals surface area contributed by atoms with Gasteiger partial charge in [-0.15, -0.1) is 0 Å². The molecule has 0 saturated heterocycles. The Kier molecular flexibility index (Phi) is 5.41. The highest BCUT2D eigenvalue weighted by atomic mass is 16.3. The van der Waals surface area contributed by atoms with Gasteiger partial charge in [0.1, 0.15) is 5.52 Å². The number of nitrogens with zero attached hydrogens (tertiary/aromatic N) is 5. The molecule has 1 N–H and O–H groups in total. The van der Waals surface area contributed by atoms with E-state index in [1.165, 1.54) is 0 Å². The number of oxazole rings is 1. The van der Waals surface area contributed by atoms with Crippen LogP contribution in [0.25, 0.3) is 28.5 Å². The van der Waals surface area contributed by atoms with E-state index in [0.29, 0.717) is 17.5 Å². The lowest BCUT2D eigenvalue weighted by Crippen LogP contribution is -2.15. The summed E-state index contributed by atoms with van der Waals surface area (Å²) in [6.45, 7) is 7.67. The number of aryl methyl sites for hydroxylation is 3. The molecule has 5 aromatic rings. The molecule has 0 aliphatic heterocycles. The molecule has 0 fully saturated rings. The summed E-state index contributed by atoms with van der Waals surface area (Å²) in [6.07, 6.45) is 0.204. The molecule has 0 unspecified atom stereocenters. The lowest BCUT2D eigenvalue weighted by molar-refractivity contribution is -0.115. The SMILES string of the molecule is Cc1cc(C)nc(-n2nc(C)c(CC(=O)Nc3ccc(-c4nc5ccccc5o4)cc3)c2C)n1. The maximum atomic E-state index is 12.8. The summed E-state index contributed by atoms with van der Waals surface area (Å²) in [5, 5.41) is 7.54. The molecule has 0 saturated carbocycles. The Hall–Kier alpha value is -4.33. The Morgan fingerprint density at radius 3 is 2.35 bits per heavy atom. The summed E-state index contributed by atoms with van der Waals surface area (Å²) in [7, 11) is 0. The van der Waals surface area contributed by atoms with E-state index in [-0.39, 0.29) is 12.3 Å². The van der Waals surface area contributed by atoms with Crippen LogP contribution in [0.1, 0.15) is 28.3 Å². The van der Waals surface area contributed by atoms with Crippen molar-refractivity contribution in [3.8, 4) is 17.4 Å². The normalized spacial score (nSPS) is 11.2. The molecule has 0 spiro atoms. The van der Waals surface area contributed by atoms with Crippen LogP contribution in [0.4, 0.5) is 5.69 Å². The number of nitrogens with one attached hydrogen (secondary N) is 1. The van der Waals surface area contributed by atoms with Crippen molar-refractivity contribution in [3.63, 3.8) is 0 Å². The minimum atomic E-state index is -0.123. The second-order valence-electron chi connectivity index (χ2n) is 8.30. The number of fused-ring (bicyclic) bond motifs is 1. The molecular formula is C26H24N6O2. The van der Waals surface area contributed by atoms with Crippen molar-refractivity contribution in [2.45, 2.75) is 34.1 Å². The van der Waals surface area contributed by atoms with Gasteiger partial charge in [0.05, 0.1) is 12.1 Å². The van der Waals surface area contributed by atoms with E-state index in [1.54, 1.807) is 4.68 Å². The molecule has 0 radical (unpaired) electrons. The predicted molar refractivity (Wildman–Crippen MR) is 130 cm³/mol. The molecule has 1 amide bonds. The summed E-state index contributed by atoms with van der Waals surface area (Å²) < 4.78 is 7.52. The van der Waals surface area contributed by atoms with Crippen molar-refractivity contribution in [1.82, 2.24) is 24.7 Å². The number of aromatic nitrogens is 5. The Morgan fingerprint density at radius 1 is 0.941 bits per heavy atom. The molecule has 0 aliphatic rings. The average molecular weight is 453 g/mol. The van der Waals surface area contributed by atoms with Crippen LogP contribution < -0.4 is 5.32 Å². The number of rotatable bonds is 5. The molecule has 34 heavy (non-hydrogen) atoms. The largest absolute Gasteiger partial charge is 0.436 e. The standard InChI is InChI=1S/C26H24N6O2/c1-15-13-16(2)28-26(27-15)32-18(4)21(17(3)31-32)14-24(33)29-20-11-9-19(10-12-20)25-30-22-7-5-6-8-23(22)34-25/h5-13H,14H2,1-4H3,(H,29,33). The van der Waals surface area contributed by atoms with Crippen molar-refractivity contribution in [3.05, 3.63) is 82.9 Å². The van der Waals surface area contributed by atoms with Crippen LogP contribution in [0, 0.1) is 27.7 Å². The summed E-state index contributed by atoms with van der Waals surface area (Å²) in [5.74, 6) is 0.938. The minimum absolute atomic E-state index is 0.123. The molecule has 2 aromatic carbocycles. The third-order valence-electron chi connectivity index (χ3n) is 5.65. The summed E-state index contributed by atoms with van der Waals surface area (Å²) in [4.78, 5) is 26.3. The molecule has 0 bridgehead atoms. The number of benzene rings is 2. The van der Waals surface area contributed by atoms with Crippen molar-refractivity contribution in [1.29, 1.82) is 0 Å². The Balaban J connectivity index is 1.31. The summed E-state index contributed by atoms with van der Waals surface area (Å²) in [5.41, 5.74) is 7.33. The highest BCUT2D eigenvalue weighted by molar-refractivity contribution is 5.92. The number of hydrogen-bond acceptors (Lipinski definition) is 6. The maximum Gasteiger partial charge on any atom is 0.251 e. The van der Waals surface area contributed by atoms with E-state index >= 15 is 0 Å². The molecule has 170 valence electrons. The van der Waals surface area contributed by atoms with Crippen molar-refractivity contribution in [2.75, 3.05) is 5.32 Å². The van der Waals surface area contributed by atoms with Crippen LogP contribution in [0.3, 0.4) is 0 Å². The van der Waals surface area contributed by atoms with Crippen LogP contribution in [-0.4, -0.2) is 30.6 Å². The quantitative estimate of drug-likeness (QED) is 0.408. The van der Waals surface area contributed by atoms with Crippen LogP contribution in [-0.2, 0) is 11.2 Å². The average Bonchev–Trinajstić information content (AvgIpc) is 3.35. The second kappa shape index (κ2) is 8.55. The molecule has 8 heteroatoms. The van der Waals surface area contributed by atoms with E-state index in [4.69, 9.17) is 4.42 Å². The van der Waals surface area contributed by atoms with E-state index in [0.717, 1.165) is 45.0 Å². The first-order valence-corrected chi connectivity index (χ1v) is 11.0. The predicted octanol–water partition coefficient (Wildman–Crippen LogP) is 4.89. The maximum absolute atomic E-state index is 12.8. The number of carbonyl (C=O) groups excluding carboxylic acids is 1. The van der Waals surface area contributed by atoms with Crippen molar-refractivity contribution >= 4 is 22.7 Å². The molecule has 5 rings (SSSR count). The van der Waals surface area contributed by atoms with Gasteiger partial charge in [0.2, 0.25) is 11.8 Å². The zero-order valence-electron chi connectivity index (χ0n) is 19.5. The fourth-order valence-electron chi connectivity index (χ4n) is 3.99. The number of amides is 1. The van der Waals surface area contributed by atoms with Crippen molar-refractivity contribution in [2.24, 2.45) is 0 Å². The Morgan fingerprint density at radius 2 is 1.65 bits per heavy atom. The van der Waals surface area contributed by atoms with Gasteiger partial charge in [-0.05, 0) is 70.2 Å². The molecule has 0 aliphatic carbocycles. The van der Waals surface area contributed by atoms with Crippen molar-refractivity contribution < 1.29 is 9.21 Å². The second-order valence-corrected chi connectivity index (χ2v) is 8.30. The summed E-state index contributed by atoms with van der Waals surface area (Å²) in [6, 6.07) is 17.0. The van der Waals surface area contributed by atoms with E-state index in [1.807, 2.05) is 82.3 Å². The third-order valence-corrected chi connectivity index (χ3v) is 5.65. The van der Waals surface area contributed by atoms with E-state index in [9.17, 15) is 4.79 Å². The number of anilines is 1. The smallest absolute Gasteiger partial charge is 0.251 e. The first kappa shape index (κ1) is 21.5. The van der Waals surface area contributed by atoms with E-state index < -0.39 is 0 Å². The minimum Gasteiger partial charge on any atom is -0.436 e. The molecule has 8 nitrogen and oxygen atoms in total. The molecular weight excluding hydrogens is 428 g/mol. The zero-order valence-corrected chi connectivity index (χ0v) is 19.5. The van der Waals surface area contributed by atoms with Gasteiger partial charge >= 0.3 is 0 Å². The number of hydrogen-bond donors (Lipinski definition) is 1. The topological polar surface area (TPSA) is 98.7 Å². The van der Waals surface area contributed by atoms with Crippen LogP contribution >= 0.6 is 0 Å². The molecule has 3 heterocycles. The fraction of sp³-hybridized carbons (Fsp3) is 0.192. The number of para-hydroxylation sites is 2. The van der Waals surface area contributed by atoms with Crippen LogP contribution in [0.5, 0.6) is 0 Å². The fourth-order valence-corrected chi connectivity index (χ4v) is 3.99. The lowest BCUT2D eigenvalue weighted by atomic mass is 10.1. The first-order valence-electron chi connectivity index (χ1n) is 11.0. The highest BCUT2D eigenvalue weighted by Crippen LogP contribution is 2.25. The van der Waals surface area contributed by atoms with Gasteiger partial charge in [0.25, 0.3) is 5.95 Å². The summed E-state index contributed by atoms with van der Waals surface area (Å²) >= 11 is 0. The molecule has 0 atom stereocenters. The molecule has 3 aromatic heterocycles. The van der Waals surface area contributed by atoms with Crippen LogP contribution in [0.2, 0.25) is 0 Å². The Labute approximate surface area is 196 Å². The van der Waals surface area contributed by atoms with Gasteiger partial charge in [-0.1, -0.05) is 12.1 Å². The van der Waals surface area contributed by atoms with Gasteiger partial charge < -0.3 is 9.73 Å². The van der Waals surface area contributed by atoms with Gasteiger partial charge in [-0.2, -0.15) is 5.10 Å². The number of carbonyl (C=O) groups is 1. The monoisotopic (exact) mass is 452 g/mol. The van der Waals surface area contributed by atoms with Gasteiger partial charge in [-0.25, -0.2) is 19.6 Å².